The van der Waals surface area contributed by atoms with Crippen LogP contribution in [0.1, 0.15) is 12.8 Å². The molecule has 0 unspecified atom stereocenters. The van der Waals surface area contributed by atoms with Crippen LogP contribution in [0.15, 0.2) is 34.1 Å². The van der Waals surface area contributed by atoms with E-state index in [0.717, 1.165) is 23.7 Å². The molecular formula is C15H25N3O4S2. The zero-order valence-corrected chi connectivity index (χ0v) is 15.9. The molecule has 1 aromatic rings. The van der Waals surface area contributed by atoms with Crippen molar-refractivity contribution in [1.29, 1.82) is 0 Å². The van der Waals surface area contributed by atoms with E-state index < -0.39 is 20.0 Å². The fraction of sp³-hybridized carbons (Fsp3) is 0.600. The highest BCUT2D eigenvalue weighted by Crippen LogP contribution is 2.25. The van der Waals surface area contributed by atoms with Crippen LogP contribution in [0.25, 0.3) is 0 Å². The van der Waals surface area contributed by atoms with Crippen LogP contribution in [0.4, 0.5) is 0 Å². The number of hydrogen-bond donors (Lipinski definition) is 1. The molecular weight excluding hydrogens is 350 g/mol. The molecule has 0 bridgehead atoms. The van der Waals surface area contributed by atoms with Crippen molar-refractivity contribution in [2.24, 2.45) is 5.92 Å². The van der Waals surface area contributed by atoms with Crippen molar-refractivity contribution in [3.8, 4) is 0 Å². The summed E-state index contributed by atoms with van der Waals surface area (Å²) < 4.78 is 52.5. The predicted octanol–water partition coefficient (Wildman–Crippen LogP) is 0.557. The fourth-order valence-electron chi connectivity index (χ4n) is 2.80. The molecule has 1 saturated heterocycles. The molecule has 0 saturated carbocycles. The molecule has 0 radical (unpaired) electrons. The Labute approximate surface area is 144 Å². The van der Waals surface area contributed by atoms with Gasteiger partial charge in [-0.15, -0.1) is 0 Å². The number of hydrogen-bond acceptors (Lipinski definition) is 5. The normalized spacial score (nSPS) is 18.2. The molecule has 24 heavy (non-hydrogen) atoms. The third-order valence-electron chi connectivity index (χ3n) is 4.29. The molecule has 0 aromatic heterocycles. The Morgan fingerprint density at radius 2 is 1.71 bits per heavy atom. The highest BCUT2D eigenvalue weighted by Gasteiger charge is 2.30. The van der Waals surface area contributed by atoms with E-state index in [-0.39, 0.29) is 9.79 Å². The van der Waals surface area contributed by atoms with Crippen molar-refractivity contribution < 1.29 is 16.8 Å². The van der Waals surface area contributed by atoms with Gasteiger partial charge in [0.1, 0.15) is 0 Å². The Bertz CT molecular complexity index is 768. The maximum atomic E-state index is 12.8. The minimum Gasteiger partial charge on any atom is -0.319 e. The second-order valence-electron chi connectivity index (χ2n) is 6.17. The van der Waals surface area contributed by atoms with Gasteiger partial charge in [0.15, 0.2) is 0 Å². The monoisotopic (exact) mass is 375 g/mol. The van der Waals surface area contributed by atoms with Gasteiger partial charge in [0.25, 0.3) is 0 Å². The van der Waals surface area contributed by atoms with Gasteiger partial charge in [-0.1, -0.05) is 6.07 Å². The molecule has 1 aromatic carbocycles. The summed E-state index contributed by atoms with van der Waals surface area (Å²) >= 11 is 0. The second-order valence-corrected chi connectivity index (χ2v) is 10.3. The maximum Gasteiger partial charge on any atom is 0.243 e. The Morgan fingerprint density at radius 1 is 1.12 bits per heavy atom. The van der Waals surface area contributed by atoms with Gasteiger partial charge >= 0.3 is 0 Å². The van der Waals surface area contributed by atoms with Crippen molar-refractivity contribution >= 4 is 20.0 Å². The van der Waals surface area contributed by atoms with E-state index in [2.05, 4.69) is 5.32 Å². The fourth-order valence-corrected chi connectivity index (χ4v) is 5.34. The van der Waals surface area contributed by atoms with E-state index in [4.69, 9.17) is 0 Å². The molecule has 1 heterocycles. The highest BCUT2D eigenvalue weighted by atomic mass is 32.2. The maximum absolute atomic E-state index is 12.8. The lowest BCUT2D eigenvalue weighted by Crippen LogP contribution is -2.40. The van der Waals surface area contributed by atoms with Crippen LogP contribution in [0.5, 0.6) is 0 Å². The molecule has 9 heteroatoms. The molecule has 0 spiro atoms. The molecule has 0 aliphatic carbocycles. The van der Waals surface area contributed by atoms with Gasteiger partial charge in [-0.05, 0) is 50.6 Å². The molecule has 7 nitrogen and oxygen atoms in total. The van der Waals surface area contributed by atoms with Gasteiger partial charge in [-0.3, -0.25) is 0 Å². The third kappa shape index (κ3) is 3.97. The lowest BCUT2D eigenvalue weighted by Gasteiger charge is -2.31. The first-order valence-corrected chi connectivity index (χ1v) is 10.7. The van der Waals surface area contributed by atoms with E-state index >= 15 is 0 Å². The number of benzene rings is 1. The first kappa shape index (κ1) is 19.3. The van der Waals surface area contributed by atoms with Gasteiger partial charge in [0.2, 0.25) is 20.0 Å². The Hall–Kier alpha value is -1.00. The summed E-state index contributed by atoms with van der Waals surface area (Å²) in [6.45, 7) is 1.79. The summed E-state index contributed by atoms with van der Waals surface area (Å²) in [5, 5.41) is 3.12. The molecule has 1 aliphatic heterocycles. The van der Waals surface area contributed by atoms with Crippen LogP contribution >= 0.6 is 0 Å². The first-order chi connectivity index (χ1) is 11.2. The average Bonchev–Trinajstić information content (AvgIpc) is 2.55. The molecule has 0 amide bonds. The summed E-state index contributed by atoms with van der Waals surface area (Å²) in [5.74, 6) is 0.474. The molecule has 136 valence electrons. The van der Waals surface area contributed by atoms with E-state index in [0.29, 0.717) is 19.0 Å². The van der Waals surface area contributed by atoms with Gasteiger partial charge in [-0.2, -0.15) is 4.31 Å². The van der Waals surface area contributed by atoms with Crippen LogP contribution in [0, 0.1) is 5.92 Å². The van der Waals surface area contributed by atoms with E-state index in [9.17, 15) is 16.8 Å². The third-order valence-corrected chi connectivity index (χ3v) is 7.99. The SMILES string of the molecule is CNCC1CCN(S(=O)(=O)c2cccc(S(=O)(=O)N(C)C)c2)CC1. The van der Waals surface area contributed by atoms with Crippen LogP contribution in [0.3, 0.4) is 0 Å². The number of rotatable bonds is 6. The number of nitrogens with one attached hydrogen (secondary N) is 1. The van der Waals surface area contributed by atoms with Crippen molar-refractivity contribution in [2.75, 3.05) is 40.8 Å². The van der Waals surface area contributed by atoms with E-state index in [1.165, 1.54) is 42.7 Å². The number of sulfonamides is 2. The van der Waals surface area contributed by atoms with Crippen LogP contribution in [-0.4, -0.2) is 66.2 Å². The summed E-state index contributed by atoms with van der Waals surface area (Å²) in [6, 6.07) is 5.57. The Morgan fingerprint density at radius 3 is 2.25 bits per heavy atom. The summed E-state index contributed by atoms with van der Waals surface area (Å²) in [4.78, 5) is 0.0103. The zero-order chi connectivity index (χ0) is 18.0. The quantitative estimate of drug-likeness (QED) is 0.785. The van der Waals surface area contributed by atoms with Crippen molar-refractivity contribution in [3.63, 3.8) is 0 Å². The van der Waals surface area contributed by atoms with Gasteiger partial charge < -0.3 is 5.32 Å². The lowest BCUT2D eigenvalue weighted by molar-refractivity contribution is 0.270. The van der Waals surface area contributed by atoms with Crippen LogP contribution < -0.4 is 5.32 Å². The highest BCUT2D eigenvalue weighted by molar-refractivity contribution is 7.90. The van der Waals surface area contributed by atoms with Crippen molar-refractivity contribution in [2.45, 2.75) is 22.6 Å². The topological polar surface area (TPSA) is 86.8 Å². The average molecular weight is 376 g/mol. The van der Waals surface area contributed by atoms with Crippen molar-refractivity contribution in [1.82, 2.24) is 13.9 Å². The summed E-state index contributed by atoms with van der Waals surface area (Å²) in [6.07, 6.45) is 1.60. The lowest BCUT2D eigenvalue weighted by atomic mass is 9.98. The molecule has 2 rings (SSSR count). The van der Waals surface area contributed by atoms with Crippen LogP contribution in [0.2, 0.25) is 0 Å². The van der Waals surface area contributed by atoms with E-state index in [1.54, 1.807) is 0 Å². The Kier molecular flexibility index (Phi) is 6.03. The van der Waals surface area contributed by atoms with Crippen LogP contribution in [-0.2, 0) is 20.0 Å². The summed E-state index contributed by atoms with van der Waals surface area (Å²) in [5.41, 5.74) is 0. The minimum absolute atomic E-state index is 0.0151. The number of nitrogens with zero attached hydrogens (tertiary/aromatic N) is 2. The minimum atomic E-state index is -3.68. The van der Waals surface area contributed by atoms with Gasteiger partial charge in [-0.25, -0.2) is 21.1 Å². The molecule has 1 aliphatic rings. The second kappa shape index (κ2) is 7.49. The van der Waals surface area contributed by atoms with E-state index in [1.807, 2.05) is 7.05 Å². The predicted molar refractivity (Wildman–Crippen MR) is 92.7 cm³/mol. The smallest absolute Gasteiger partial charge is 0.243 e. The molecule has 1 N–H and O–H groups in total. The Balaban J connectivity index is 2.25. The largest absolute Gasteiger partial charge is 0.319 e. The van der Waals surface area contributed by atoms with Crippen molar-refractivity contribution in [3.05, 3.63) is 24.3 Å². The summed E-state index contributed by atoms with van der Waals surface area (Å²) in [7, 11) is -2.62. The van der Waals surface area contributed by atoms with Gasteiger partial charge in [0.05, 0.1) is 9.79 Å². The van der Waals surface area contributed by atoms with Gasteiger partial charge in [0, 0.05) is 27.2 Å². The molecule has 1 fully saturated rings. The first-order valence-electron chi connectivity index (χ1n) is 7.87. The standard InChI is InChI=1S/C15H25N3O4S2/c1-16-12-13-7-9-18(10-8-13)24(21,22)15-6-4-5-14(11-15)23(19,20)17(2)3/h4-6,11,13,16H,7-10,12H2,1-3H3. The zero-order valence-electron chi connectivity index (χ0n) is 14.3. The number of piperidine rings is 1. The molecule has 0 atom stereocenters.